The summed E-state index contributed by atoms with van der Waals surface area (Å²) in [6, 6.07) is 18.1. The highest BCUT2D eigenvalue weighted by Crippen LogP contribution is 2.47. The number of rotatable bonds is 9. The molecule has 0 radical (unpaired) electrons. The first-order valence-corrected chi connectivity index (χ1v) is 17.6. The number of nitrogens with one attached hydrogen (secondary N) is 2. The predicted octanol–water partition coefficient (Wildman–Crippen LogP) is 7.97. The average molecular weight is 721 g/mol. The molecule has 2 N–H and O–H groups in total. The number of carbonyl (C=O) groups is 3. The summed E-state index contributed by atoms with van der Waals surface area (Å²) >= 11 is 0. The van der Waals surface area contributed by atoms with Crippen molar-refractivity contribution in [3.05, 3.63) is 91.1 Å². The zero-order valence-corrected chi connectivity index (χ0v) is 30.0. The first-order chi connectivity index (χ1) is 25.4. The second-order valence-electron chi connectivity index (χ2n) is 14.4. The van der Waals surface area contributed by atoms with E-state index in [4.69, 9.17) is 14.2 Å². The number of amides is 3. The minimum atomic E-state index is -1.17. The van der Waals surface area contributed by atoms with Crippen LogP contribution < -0.4 is 20.1 Å². The average Bonchev–Trinajstić information content (AvgIpc) is 3.82. The van der Waals surface area contributed by atoms with Gasteiger partial charge < -0.3 is 29.7 Å². The molecule has 12 nitrogen and oxygen atoms in total. The molecular weight excluding hydrogens is 679 g/mol. The number of pyridine rings is 1. The number of benzene rings is 3. The molecule has 3 amide bonds. The summed E-state index contributed by atoms with van der Waals surface area (Å²) < 4.78 is 32.9. The van der Waals surface area contributed by atoms with Gasteiger partial charge in [-0.15, -0.1) is 0 Å². The first-order valence-electron chi connectivity index (χ1n) is 17.6. The van der Waals surface area contributed by atoms with Crippen LogP contribution in [0.4, 0.5) is 20.6 Å². The van der Waals surface area contributed by atoms with E-state index in [2.05, 4.69) is 20.7 Å². The summed E-state index contributed by atoms with van der Waals surface area (Å²) in [5, 5.41) is 11.0. The highest BCUT2D eigenvalue weighted by atomic mass is 19.1. The monoisotopic (exact) mass is 720 g/mol. The zero-order valence-electron chi connectivity index (χ0n) is 30.0. The maximum absolute atomic E-state index is 13.3. The number of methoxy groups -OCH3 is 1. The summed E-state index contributed by atoms with van der Waals surface area (Å²) in [6.45, 7) is 6.79. The Morgan fingerprint density at radius 1 is 0.887 bits per heavy atom. The number of carbonyl (C=O) groups excluding carboxylic acids is 3. The number of nitrogens with zero attached hydrogens (tertiary/aromatic N) is 4. The Morgan fingerprint density at radius 3 is 2.13 bits per heavy atom. The highest BCUT2D eigenvalue weighted by Gasteiger charge is 2.56. The molecule has 0 spiro atoms. The maximum Gasteiger partial charge on any atom is 0.410 e. The lowest BCUT2D eigenvalue weighted by atomic mass is 10.0. The Hall–Kier alpha value is -5.98. The SMILES string of the molecule is COc1cc2c(Oc3ccc(NC(=O)C4(C(=O)Nc5ccc(F)cc5)CC4)cc3)ccnc2cc1-c1cnn(C2CCN(C(=O)OC(C)(C)C)CC2)c1. The molecular formula is C40H41FN6O6. The molecule has 1 saturated carbocycles. The van der Waals surface area contributed by atoms with Crippen LogP contribution in [0.1, 0.15) is 52.5 Å². The van der Waals surface area contributed by atoms with Crippen LogP contribution in [-0.2, 0) is 14.3 Å². The minimum absolute atomic E-state index is 0.147. The Morgan fingerprint density at radius 2 is 1.53 bits per heavy atom. The molecule has 3 heterocycles. The number of anilines is 2. The van der Waals surface area contributed by atoms with Gasteiger partial charge in [0.25, 0.3) is 0 Å². The van der Waals surface area contributed by atoms with E-state index in [0.29, 0.717) is 60.1 Å². The quantitative estimate of drug-likeness (QED) is 0.146. The molecule has 13 heteroatoms. The molecule has 1 saturated heterocycles. The van der Waals surface area contributed by atoms with Gasteiger partial charge in [-0.1, -0.05) is 0 Å². The zero-order chi connectivity index (χ0) is 37.3. The number of ether oxygens (including phenoxy) is 3. The summed E-state index contributed by atoms with van der Waals surface area (Å²) in [5.41, 5.74) is 1.66. The molecule has 53 heavy (non-hydrogen) atoms. The van der Waals surface area contributed by atoms with Crippen molar-refractivity contribution in [2.24, 2.45) is 5.41 Å². The Kier molecular flexibility index (Phi) is 9.50. The van der Waals surface area contributed by atoms with E-state index in [0.717, 1.165) is 29.4 Å². The predicted molar refractivity (Wildman–Crippen MR) is 197 cm³/mol. The van der Waals surface area contributed by atoms with Gasteiger partial charge in [0.15, 0.2) is 0 Å². The molecule has 2 aliphatic rings. The number of aromatic nitrogens is 3. The third-order valence-electron chi connectivity index (χ3n) is 9.49. The van der Waals surface area contributed by atoms with E-state index in [1.165, 1.54) is 24.3 Å². The summed E-state index contributed by atoms with van der Waals surface area (Å²) in [6.07, 6.45) is 7.58. The second kappa shape index (κ2) is 14.2. The number of halogens is 1. The number of piperidine rings is 1. The standard InChI is InChI=1S/C40H41FN6O6/c1-39(2,3)53-38(50)46-19-14-29(15-20-46)47-24-25(23-43-47)31-21-33-32(22-35(31)51-4)34(13-18-42-33)52-30-11-9-28(10-12-30)45-37(49)40(16-17-40)36(48)44-27-7-5-26(41)6-8-27/h5-13,18,21-24,29H,14-17,19-20H2,1-4H3,(H,44,48)(H,45,49). The van der Waals surface area contributed by atoms with Gasteiger partial charge in [0.1, 0.15) is 34.1 Å². The van der Waals surface area contributed by atoms with Gasteiger partial charge in [-0.25, -0.2) is 9.18 Å². The summed E-state index contributed by atoms with van der Waals surface area (Å²) in [5.74, 6) is 0.503. The van der Waals surface area contributed by atoms with Crippen LogP contribution in [0.5, 0.6) is 17.2 Å². The van der Waals surface area contributed by atoms with E-state index in [9.17, 15) is 18.8 Å². The number of likely N-dealkylation sites (tertiary alicyclic amines) is 1. The van der Waals surface area contributed by atoms with Crippen LogP contribution in [0.3, 0.4) is 0 Å². The van der Waals surface area contributed by atoms with Gasteiger partial charge in [0.05, 0.1) is 24.9 Å². The third-order valence-corrected chi connectivity index (χ3v) is 9.49. The molecule has 7 rings (SSSR count). The lowest BCUT2D eigenvalue weighted by molar-refractivity contribution is -0.131. The van der Waals surface area contributed by atoms with Crippen molar-refractivity contribution in [2.45, 2.75) is 58.1 Å². The lowest BCUT2D eigenvalue weighted by Gasteiger charge is -2.33. The van der Waals surface area contributed by atoms with Crippen molar-refractivity contribution in [1.82, 2.24) is 19.7 Å². The number of hydrogen-bond acceptors (Lipinski definition) is 8. The van der Waals surface area contributed by atoms with Crippen molar-refractivity contribution in [2.75, 3.05) is 30.8 Å². The van der Waals surface area contributed by atoms with Crippen molar-refractivity contribution < 1.29 is 33.0 Å². The molecule has 1 aliphatic heterocycles. The number of hydrogen-bond donors (Lipinski definition) is 2. The van der Waals surface area contributed by atoms with Crippen LogP contribution in [0.15, 0.2) is 85.3 Å². The fourth-order valence-corrected chi connectivity index (χ4v) is 6.40. The van der Waals surface area contributed by atoms with Crippen LogP contribution in [-0.4, -0.2) is 63.4 Å². The molecule has 274 valence electrons. The van der Waals surface area contributed by atoms with Crippen molar-refractivity contribution in [3.8, 4) is 28.4 Å². The fraction of sp³-hybridized carbons (Fsp3) is 0.325. The lowest BCUT2D eigenvalue weighted by Crippen LogP contribution is -2.42. The van der Waals surface area contributed by atoms with Crippen LogP contribution in [0.25, 0.3) is 22.0 Å². The van der Waals surface area contributed by atoms with Crippen LogP contribution in [0.2, 0.25) is 0 Å². The molecule has 5 aromatic rings. The maximum atomic E-state index is 13.3. The largest absolute Gasteiger partial charge is 0.496 e. The van der Waals surface area contributed by atoms with Crippen LogP contribution >= 0.6 is 0 Å². The van der Waals surface area contributed by atoms with Gasteiger partial charge in [-0.05, 0) is 113 Å². The van der Waals surface area contributed by atoms with E-state index in [-0.39, 0.29) is 12.1 Å². The summed E-state index contributed by atoms with van der Waals surface area (Å²) in [4.78, 5) is 45.0. The molecule has 2 aromatic heterocycles. The summed E-state index contributed by atoms with van der Waals surface area (Å²) in [7, 11) is 1.61. The molecule has 0 unspecified atom stereocenters. The van der Waals surface area contributed by atoms with Gasteiger partial charge in [0.2, 0.25) is 11.8 Å². The second-order valence-corrected chi connectivity index (χ2v) is 14.4. The van der Waals surface area contributed by atoms with Crippen LogP contribution in [0, 0.1) is 11.2 Å². The molecule has 1 aliphatic carbocycles. The Labute approximate surface area is 306 Å². The van der Waals surface area contributed by atoms with E-state index in [1.807, 2.05) is 50.0 Å². The van der Waals surface area contributed by atoms with Gasteiger partial charge in [-0.2, -0.15) is 5.10 Å². The molecule has 0 bridgehead atoms. The van der Waals surface area contributed by atoms with Gasteiger partial charge in [-0.3, -0.25) is 19.3 Å². The highest BCUT2D eigenvalue weighted by molar-refractivity contribution is 6.16. The number of fused-ring (bicyclic) bond motifs is 1. The smallest absolute Gasteiger partial charge is 0.410 e. The van der Waals surface area contributed by atoms with Crippen molar-refractivity contribution >= 4 is 40.2 Å². The Bertz CT molecular complexity index is 2150. The molecule has 2 fully saturated rings. The van der Waals surface area contributed by atoms with E-state index >= 15 is 0 Å². The minimum Gasteiger partial charge on any atom is -0.496 e. The van der Waals surface area contributed by atoms with Crippen molar-refractivity contribution in [1.29, 1.82) is 0 Å². The van der Waals surface area contributed by atoms with Gasteiger partial charge in [0, 0.05) is 53.4 Å². The van der Waals surface area contributed by atoms with Crippen molar-refractivity contribution in [3.63, 3.8) is 0 Å². The van der Waals surface area contributed by atoms with E-state index in [1.54, 1.807) is 48.5 Å². The normalized spacial score (nSPS) is 15.5. The Balaban J connectivity index is 1.01. The molecule has 3 aromatic carbocycles. The van der Waals surface area contributed by atoms with Gasteiger partial charge >= 0.3 is 6.09 Å². The first kappa shape index (κ1) is 35.4. The fourth-order valence-electron chi connectivity index (χ4n) is 6.40. The van der Waals surface area contributed by atoms with E-state index < -0.39 is 28.6 Å². The molecule has 0 atom stereocenters. The third kappa shape index (κ3) is 7.79. The topological polar surface area (TPSA) is 137 Å².